The van der Waals surface area contributed by atoms with Gasteiger partial charge in [0, 0.05) is 12.0 Å². The molecule has 1 heterocycles. The van der Waals surface area contributed by atoms with E-state index in [-0.39, 0.29) is 24.4 Å². The average molecular weight is 345 g/mol. The van der Waals surface area contributed by atoms with E-state index in [2.05, 4.69) is 21.8 Å². The zero-order valence-corrected chi connectivity index (χ0v) is 13.8. The van der Waals surface area contributed by atoms with Gasteiger partial charge in [-0.15, -0.1) is 16.8 Å². The summed E-state index contributed by atoms with van der Waals surface area (Å²) in [5.41, 5.74) is 0.223. The minimum atomic E-state index is -0.998. The number of rotatable bonds is 9. The molecule has 1 aromatic carbocycles. The van der Waals surface area contributed by atoms with Crippen molar-refractivity contribution >= 4 is 5.97 Å². The summed E-state index contributed by atoms with van der Waals surface area (Å²) in [6.07, 6.45) is 2.31. The molecule has 2 N–H and O–H groups in total. The maximum absolute atomic E-state index is 12.0. The van der Waals surface area contributed by atoms with Gasteiger partial charge < -0.3 is 19.6 Å². The Labute approximate surface area is 144 Å². The van der Waals surface area contributed by atoms with E-state index in [1.807, 2.05) is 0 Å². The van der Waals surface area contributed by atoms with Gasteiger partial charge in [-0.2, -0.15) is 0 Å². The van der Waals surface area contributed by atoms with Crippen molar-refractivity contribution in [2.75, 3.05) is 13.7 Å². The summed E-state index contributed by atoms with van der Waals surface area (Å²) in [5.74, 6) is 0.336. The van der Waals surface area contributed by atoms with Gasteiger partial charge in [0.2, 0.25) is 0 Å². The molecule has 0 aliphatic heterocycles. The smallest absolute Gasteiger partial charge is 0.303 e. The molecule has 8 heteroatoms. The number of carbonyl (C=O) groups is 1. The molecule has 0 saturated heterocycles. The number of aromatic amines is 1. The highest BCUT2D eigenvalue weighted by Crippen LogP contribution is 2.31. The standard InChI is InChI=1S/C17H19N3O5/c1-3-4-9-25-13-7-5-11(10-14(13)24-2)16-18-17(23)12(19-20-16)6-8-15(21)22/h3,5,7,10H,1,4,6,8-9H2,2H3,(H,21,22)(H,18,20,23). The lowest BCUT2D eigenvalue weighted by molar-refractivity contribution is -0.136. The Morgan fingerprint density at radius 2 is 2.16 bits per heavy atom. The molecule has 1 aromatic heterocycles. The third-order valence-corrected chi connectivity index (χ3v) is 3.36. The highest BCUT2D eigenvalue weighted by molar-refractivity contribution is 5.67. The topological polar surface area (TPSA) is 114 Å². The highest BCUT2D eigenvalue weighted by Gasteiger charge is 2.11. The van der Waals surface area contributed by atoms with Crippen LogP contribution in [0.5, 0.6) is 11.5 Å². The Balaban J connectivity index is 2.23. The summed E-state index contributed by atoms with van der Waals surface area (Å²) in [4.78, 5) is 25.2. The number of benzene rings is 1. The molecular weight excluding hydrogens is 326 g/mol. The molecule has 2 aromatic rings. The van der Waals surface area contributed by atoms with Crippen LogP contribution >= 0.6 is 0 Å². The summed E-state index contributed by atoms with van der Waals surface area (Å²) in [5, 5.41) is 16.5. The largest absolute Gasteiger partial charge is 0.493 e. The first-order valence-electron chi connectivity index (χ1n) is 7.65. The molecule has 0 aliphatic carbocycles. The molecule has 0 saturated carbocycles. The number of aryl methyl sites for hydroxylation is 1. The summed E-state index contributed by atoms with van der Waals surface area (Å²) >= 11 is 0. The highest BCUT2D eigenvalue weighted by atomic mass is 16.5. The zero-order chi connectivity index (χ0) is 18.2. The molecule has 0 aliphatic rings. The van der Waals surface area contributed by atoms with Crippen molar-refractivity contribution < 1.29 is 19.4 Å². The van der Waals surface area contributed by atoms with Crippen molar-refractivity contribution in [1.82, 2.24) is 15.2 Å². The molecule has 2 rings (SSSR count). The molecule has 0 bridgehead atoms. The fraction of sp³-hybridized carbons (Fsp3) is 0.294. The molecule has 0 fully saturated rings. The van der Waals surface area contributed by atoms with Crippen LogP contribution in [0, 0.1) is 0 Å². The first-order chi connectivity index (χ1) is 12.0. The van der Waals surface area contributed by atoms with Gasteiger partial charge in [-0.3, -0.25) is 9.59 Å². The van der Waals surface area contributed by atoms with E-state index in [0.717, 1.165) is 0 Å². The SMILES string of the molecule is C=CCCOc1ccc(-c2nnc(CCC(=O)O)c(=O)[nH]2)cc1OC. The quantitative estimate of drug-likeness (QED) is 0.526. The lowest BCUT2D eigenvalue weighted by atomic mass is 10.2. The second-order valence-corrected chi connectivity index (χ2v) is 5.13. The van der Waals surface area contributed by atoms with Crippen molar-refractivity contribution in [3.05, 3.63) is 46.9 Å². The van der Waals surface area contributed by atoms with Gasteiger partial charge in [0.05, 0.1) is 20.1 Å². The number of carboxylic acids is 1. The number of aromatic nitrogens is 3. The predicted octanol–water partition coefficient (Wildman–Crippen LogP) is 1.81. The minimum Gasteiger partial charge on any atom is -0.493 e. The Bertz CT molecular complexity index is 816. The summed E-state index contributed by atoms with van der Waals surface area (Å²) in [6.45, 7) is 4.11. The van der Waals surface area contributed by atoms with Crippen LogP contribution < -0.4 is 15.0 Å². The first-order valence-corrected chi connectivity index (χ1v) is 7.65. The van der Waals surface area contributed by atoms with Crippen molar-refractivity contribution in [3.8, 4) is 22.9 Å². The van der Waals surface area contributed by atoms with E-state index in [9.17, 15) is 9.59 Å². The fourth-order valence-corrected chi connectivity index (χ4v) is 2.07. The first kappa shape index (κ1) is 18.2. The second-order valence-electron chi connectivity index (χ2n) is 5.13. The molecule has 132 valence electrons. The van der Waals surface area contributed by atoms with Crippen LogP contribution in [0.4, 0.5) is 0 Å². The van der Waals surface area contributed by atoms with Crippen molar-refractivity contribution in [2.24, 2.45) is 0 Å². The number of ether oxygens (including phenoxy) is 2. The van der Waals surface area contributed by atoms with Gasteiger partial charge in [0.15, 0.2) is 17.3 Å². The van der Waals surface area contributed by atoms with Gasteiger partial charge >= 0.3 is 5.97 Å². The molecule has 0 atom stereocenters. The Kier molecular flexibility index (Phi) is 6.27. The maximum Gasteiger partial charge on any atom is 0.303 e. The van der Waals surface area contributed by atoms with Crippen LogP contribution in [0.15, 0.2) is 35.6 Å². The van der Waals surface area contributed by atoms with Crippen LogP contribution in [0.25, 0.3) is 11.4 Å². The fourth-order valence-electron chi connectivity index (χ4n) is 2.07. The Morgan fingerprint density at radius 3 is 2.80 bits per heavy atom. The van der Waals surface area contributed by atoms with E-state index in [0.29, 0.717) is 30.1 Å². The molecule has 0 unspecified atom stereocenters. The average Bonchev–Trinajstić information content (AvgIpc) is 2.61. The summed E-state index contributed by atoms with van der Waals surface area (Å²) in [6, 6.07) is 5.12. The van der Waals surface area contributed by atoms with Gasteiger partial charge in [-0.05, 0) is 24.6 Å². The van der Waals surface area contributed by atoms with Gasteiger partial charge in [0.25, 0.3) is 5.56 Å². The number of carboxylic acid groups (broad SMARTS) is 1. The molecule has 0 radical (unpaired) electrons. The number of hydrogen-bond donors (Lipinski definition) is 2. The summed E-state index contributed by atoms with van der Waals surface area (Å²) < 4.78 is 10.9. The number of methoxy groups -OCH3 is 1. The van der Waals surface area contributed by atoms with Crippen LogP contribution in [0.2, 0.25) is 0 Å². The molecule has 25 heavy (non-hydrogen) atoms. The predicted molar refractivity (Wildman–Crippen MR) is 90.9 cm³/mol. The van der Waals surface area contributed by atoms with Gasteiger partial charge in [0.1, 0.15) is 5.69 Å². The normalized spacial score (nSPS) is 10.3. The lowest BCUT2D eigenvalue weighted by Crippen LogP contribution is -2.18. The number of H-pyrrole nitrogens is 1. The molecule has 0 amide bonds. The monoisotopic (exact) mass is 345 g/mol. The zero-order valence-electron chi connectivity index (χ0n) is 13.8. The summed E-state index contributed by atoms with van der Waals surface area (Å²) in [7, 11) is 1.52. The molecule has 8 nitrogen and oxygen atoms in total. The van der Waals surface area contributed by atoms with E-state index in [4.69, 9.17) is 14.6 Å². The van der Waals surface area contributed by atoms with Gasteiger partial charge in [-0.25, -0.2) is 0 Å². The Hall–Kier alpha value is -3.16. The second kappa shape index (κ2) is 8.62. The van der Waals surface area contributed by atoms with E-state index in [1.54, 1.807) is 24.3 Å². The van der Waals surface area contributed by atoms with Crippen LogP contribution in [-0.4, -0.2) is 40.0 Å². The number of aliphatic carboxylic acids is 1. The third-order valence-electron chi connectivity index (χ3n) is 3.36. The van der Waals surface area contributed by atoms with Crippen LogP contribution in [-0.2, 0) is 11.2 Å². The molecular formula is C17H19N3O5. The van der Waals surface area contributed by atoms with Crippen molar-refractivity contribution in [1.29, 1.82) is 0 Å². The lowest BCUT2D eigenvalue weighted by Gasteiger charge is -2.11. The number of nitrogens with one attached hydrogen (secondary N) is 1. The number of nitrogens with zero attached hydrogens (tertiary/aromatic N) is 2. The van der Waals surface area contributed by atoms with Gasteiger partial charge in [-0.1, -0.05) is 6.08 Å². The van der Waals surface area contributed by atoms with E-state index in [1.165, 1.54) is 7.11 Å². The van der Waals surface area contributed by atoms with E-state index >= 15 is 0 Å². The van der Waals surface area contributed by atoms with E-state index < -0.39 is 11.5 Å². The van der Waals surface area contributed by atoms with Crippen LogP contribution in [0.3, 0.4) is 0 Å². The van der Waals surface area contributed by atoms with Crippen LogP contribution in [0.1, 0.15) is 18.5 Å². The maximum atomic E-state index is 12.0. The van der Waals surface area contributed by atoms with Crippen molar-refractivity contribution in [2.45, 2.75) is 19.3 Å². The Morgan fingerprint density at radius 1 is 1.36 bits per heavy atom. The number of hydrogen-bond acceptors (Lipinski definition) is 6. The van der Waals surface area contributed by atoms with Crippen molar-refractivity contribution in [3.63, 3.8) is 0 Å². The molecule has 0 spiro atoms. The third kappa shape index (κ3) is 4.90. The minimum absolute atomic E-state index is 0.0251.